The van der Waals surface area contributed by atoms with E-state index >= 15 is 0 Å². The van der Waals surface area contributed by atoms with Gasteiger partial charge in [-0.25, -0.2) is 0 Å². The maximum Gasteiger partial charge on any atom is 0.255 e. The van der Waals surface area contributed by atoms with Crippen LogP contribution in [-0.4, -0.2) is 37.0 Å². The van der Waals surface area contributed by atoms with E-state index in [0.717, 1.165) is 23.4 Å². The first-order valence-corrected chi connectivity index (χ1v) is 9.57. The molecule has 158 valence electrons. The minimum atomic E-state index is -0.263. The van der Waals surface area contributed by atoms with Gasteiger partial charge in [-0.1, -0.05) is 12.1 Å². The first-order valence-electron chi connectivity index (χ1n) is 9.57. The van der Waals surface area contributed by atoms with Crippen molar-refractivity contribution >= 4 is 11.6 Å². The van der Waals surface area contributed by atoms with E-state index in [0.29, 0.717) is 28.5 Å². The zero-order chi connectivity index (χ0) is 21.8. The lowest BCUT2D eigenvalue weighted by Crippen LogP contribution is -2.12. The number of rotatable bonds is 7. The van der Waals surface area contributed by atoms with Crippen LogP contribution >= 0.6 is 0 Å². The summed E-state index contributed by atoms with van der Waals surface area (Å²) in [6.45, 7) is 4.09. The molecule has 0 fully saturated rings. The molecule has 0 bridgehead atoms. The molecule has 1 aromatic heterocycles. The average Bonchev–Trinajstić information content (AvgIpc) is 2.99. The summed E-state index contributed by atoms with van der Waals surface area (Å²) in [5.74, 6) is 1.04. The van der Waals surface area contributed by atoms with Crippen molar-refractivity contribution in [2.75, 3.05) is 26.6 Å². The summed E-state index contributed by atoms with van der Waals surface area (Å²) >= 11 is 0. The molecule has 0 unspecified atom stereocenters. The molecule has 1 amide bonds. The van der Waals surface area contributed by atoms with E-state index in [1.807, 2.05) is 42.9 Å². The number of hydrogen-bond acceptors (Lipinski definition) is 5. The second kappa shape index (κ2) is 8.90. The van der Waals surface area contributed by atoms with Crippen LogP contribution in [0, 0.1) is 13.8 Å². The second-order valence-corrected chi connectivity index (χ2v) is 7.01. The summed E-state index contributed by atoms with van der Waals surface area (Å²) in [6.07, 6.45) is 0.798. The van der Waals surface area contributed by atoms with Crippen molar-refractivity contribution in [2.45, 2.75) is 20.3 Å². The molecule has 1 heterocycles. The van der Waals surface area contributed by atoms with E-state index in [-0.39, 0.29) is 5.91 Å². The van der Waals surface area contributed by atoms with Crippen LogP contribution in [0.1, 0.15) is 32.9 Å². The molecule has 0 radical (unpaired) electrons. The van der Waals surface area contributed by atoms with Crippen molar-refractivity contribution < 1.29 is 19.0 Å². The molecule has 30 heavy (non-hydrogen) atoms. The quantitative estimate of drug-likeness (QED) is 0.640. The Morgan fingerprint density at radius 1 is 1.00 bits per heavy atom. The van der Waals surface area contributed by atoms with Crippen LogP contribution < -0.4 is 19.5 Å². The zero-order valence-corrected chi connectivity index (χ0v) is 18.2. The molecule has 2 aromatic carbocycles. The third-order valence-corrected chi connectivity index (χ3v) is 5.18. The average molecular weight is 409 g/mol. The number of carbonyl (C=O) groups is 1. The molecule has 0 aliphatic rings. The van der Waals surface area contributed by atoms with Crippen LogP contribution in [0.3, 0.4) is 0 Å². The molecule has 0 aliphatic carbocycles. The number of aromatic nitrogens is 2. The van der Waals surface area contributed by atoms with Crippen LogP contribution in [0.25, 0.3) is 0 Å². The molecule has 1 N–H and O–H groups in total. The molecule has 7 heteroatoms. The van der Waals surface area contributed by atoms with E-state index in [1.165, 1.54) is 26.9 Å². The fourth-order valence-electron chi connectivity index (χ4n) is 3.40. The van der Waals surface area contributed by atoms with Gasteiger partial charge in [0.2, 0.25) is 5.75 Å². The third-order valence-electron chi connectivity index (χ3n) is 5.18. The Balaban J connectivity index is 1.76. The number of methoxy groups -OCH3 is 3. The Kier molecular flexibility index (Phi) is 6.30. The van der Waals surface area contributed by atoms with Gasteiger partial charge in [-0.3, -0.25) is 9.48 Å². The van der Waals surface area contributed by atoms with E-state index in [9.17, 15) is 4.79 Å². The number of benzene rings is 2. The number of ether oxygens (including phenoxy) is 3. The van der Waals surface area contributed by atoms with E-state index in [4.69, 9.17) is 14.2 Å². The fraction of sp³-hybridized carbons (Fsp3) is 0.304. The Labute approximate surface area is 176 Å². The van der Waals surface area contributed by atoms with Crippen LogP contribution in [0.2, 0.25) is 0 Å². The lowest BCUT2D eigenvalue weighted by atomic mass is 10.0. The Bertz CT molecular complexity index is 1030. The summed E-state index contributed by atoms with van der Waals surface area (Å²) in [5, 5.41) is 7.38. The minimum absolute atomic E-state index is 0.263. The van der Waals surface area contributed by atoms with Crippen molar-refractivity contribution in [3.05, 3.63) is 64.5 Å². The molecule has 0 atom stereocenters. The van der Waals surface area contributed by atoms with Crippen LogP contribution in [0.4, 0.5) is 5.69 Å². The normalized spacial score (nSPS) is 10.6. The molecule has 0 saturated carbocycles. The maximum absolute atomic E-state index is 12.7. The number of hydrogen-bond donors (Lipinski definition) is 1. The molecule has 3 aromatic rings. The highest BCUT2D eigenvalue weighted by atomic mass is 16.5. The van der Waals surface area contributed by atoms with E-state index in [2.05, 4.69) is 17.3 Å². The van der Waals surface area contributed by atoms with Gasteiger partial charge in [-0.05, 0) is 43.7 Å². The van der Waals surface area contributed by atoms with Crippen molar-refractivity contribution in [3.8, 4) is 17.2 Å². The summed E-state index contributed by atoms with van der Waals surface area (Å²) < 4.78 is 17.8. The summed E-state index contributed by atoms with van der Waals surface area (Å²) in [7, 11) is 6.51. The van der Waals surface area contributed by atoms with Crippen molar-refractivity contribution in [1.29, 1.82) is 0 Å². The van der Waals surface area contributed by atoms with Gasteiger partial charge in [0.15, 0.2) is 11.5 Å². The SMILES string of the molecule is COc1cc(C(=O)Nc2ccc(Cc3c(C)nn(C)c3C)cc2)cc(OC)c1OC. The molecular formula is C23H27N3O4. The topological polar surface area (TPSA) is 74.6 Å². The third kappa shape index (κ3) is 4.25. The number of amides is 1. The zero-order valence-electron chi connectivity index (χ0n) is 18.2. The van der Waals surface area contributed by atoms with Gasteiger partial charge in [0.05, 0.1) is 27.0 Å². The van der Waals surface area contributed by atoms with Crippen LogP contribution in [0.5, 0.6) is 17.2 Å². The highest BCUT2D eigenvalue weighted by Crippen LogP contribution is 2.38. The smallest absolute Gasteiger partial charge is 0.255 e. The lowest BCUT2D eigenvalue weighted by Gasteiger charge is -2.14. The van der Waals surface area contributed by atoms with Gasteiger partial charge >= 0.3 is 0 Å². The number of nitrogens with zero attached hydrogens (tertiary/aromatic N) is 2. The molecule has 0 spiro atoms. The number of carbonyl (C=O) groups excluding carboxylic acids is 1. The summed E-state index contributed by atoms with van der Waals surface area (Å²) in [4.78, 5) is 12.7. The first kappa shape index (κ1) is 21.2. The van der Waals surface area contributed by atoms with Gasteiger partial charge in [-0.15, -0.1) is 0 Å². The molecule has 7 nitrogen and oxygen atoms in total. The standard InChI is InChI=1S/C23H27N3O4/c1-14-19(15(2)26(3)25-14)11-16-7-9-18(10-8-16)24-23(27)17-12-20(28-4)22(30-6)21(13-17)29-5/h7-10,12-13H,11H2,1-6H3,(H,24,27). The number of anilines is 1. The monoisotopic (exact) mass is 409 g/mol. The highest BCUT2D eigenvalue weighted by molar-refractivity contribution is 6.05. The Hall–Kier alpha value is -3.48. The molecular weight excluding hydrogens is 382 g/mol. The van der Waals surface area contributed by atoms with Gasteiger partial charge in [-0.2, -0.15) is 5.10 Å². The lowest BCUT2D eigenvalue weighted by molar-refractivity contribution is 0.102. The van der Waals surface area contributed by atoms with Crippen LogP contribution in [-0.2, 0) is 13.5 Å². The maximum atomic E-state index is 12.7. The van der Waals surface area contributed by atoms with Gasteiger partial charge in [0, 0.05) is 36.0 Å². The predicted octanol–water partition coefficient (Wildman–Crippen LogP) is 3.91. The Morgan fingerprint density at radius 2 is 1.60 bits per heavy atom. The predicted molar refractivity (Wildman–Crippen MR) is 116 cm³/mol. The van der Waals surface area contributed by atoms with E-state index < -0.39 is 0 Å². The van der Waals surface area contributed by atoms with Crippen molar-refractivity contribution in [2.24, 2.45) is 7.05 Å². The Morgan fingerprint density at radius 3 is 2.07 bits per heavy atom. The van der Waals surface area contributed by atoms with Gasteiger partial charge in [0.1, 0.15) is 0 Å². The highest BCUT2D eigenvalue weighted by Gasteiger charge is 2.17. The molecule has 3 rings (SSSR count). The van der Waals surface area contributed by atoms with E-state index in [1.54, 1.807) is 12.1 Å². The fourth-order valence-corrected chi connectivity index (χ4v) is 3.40. The van der Waals surface area contributed by atoms with Crippen LogP contribution in [0.15, 0.2) is 36.4 Å². The minimum Gasteiger partial charge on any atom is -0.493 e. The number of nitrogens with one attached hydrogen (secondary N) is 1. The van der Waals surface area contributed by atoms with Crippen molar-refractivity contribution in [1.82, 2.24) is 9.78 Å². The van der Waals surface area contributed by atoms with Crippen molar-refractivity contribution in [3.63, 3.8) is 0 Å². The first-order chi connectivity index (χ1) is 14.4. The number of aryl methyl sites for hydroxylation is 2. The summed E-state index contributed by atoms with van der Waals surface area (Å²) in [6, 6.07) is 11.1. The summed E-state index contributed by atoms with van der Waals surface area (Å²) in [5.41, 5.74) is 5.70. The molecule has 0 aliphatic heterocycles. The second-order valence-electron chi connectivity index (χ2n) is 7.01. The largest absolute Gasteiger partial charge is 0.493 e. The van der Waals surface area contributed by atoms with Gasteiger partial charge < -0.3 is 19.5 Å². The molecule has 0 saturated heterocycles. The van der Waals surface area contributed by atoms with Gasteiger partial charge in [0.25, 0.3) is 5.91 Å².